The molecular formula is C14H13ClN4. The van der Waals surface area contributed by atoms with E-state index >= 15 is 0 Å². The number of halogens is 1. The highest BCUT2D eigenvalue weighted by atomic mass is 35.5. The average molecular weight is 273 g/mol. The second-order valence-electron chi connectivity index (χ2n) is 4.63. The van der Waals surface area contributed by atoms with Crippen LogP contribution in [0.3, 0.4) is 0 Å². The maximum absolute atomic E-state index is 6.04. The maximum Gasteiger partial charge on any atom is 0.184 e. The molecule has 0 bridgehead atoms. The van der Waals surface area contributed by atoms with E-state index in [2.05, 4.69) is 36.2 Å². The van der Waals surface area contributed by atoms with Crippen molar-refractivity contribution >= 4 is 22.9 Å². The minimum atomic E-state index is 0.523. The number of anilines is 1. The first kappa shape index (κ1) is 12.0. The lowest BCUT2D eigenvalue weighted by Gasteiger charge is -2.05. The minimum absolute atomic E-state index is 0.523. The van der Waals surface area contributed by atoms with Crippen LogP contribution >= 0.6 is 11.6 Å². The molecule has 0 saturated heterocycles. The number of rotatable bonds is 1. The largest absolute Gasteiger partial charge is 0.396 e. The predicted molar refractivity (Wildman–Crippen MR) is 77.3 cm³/mol. The number of hydrogen-bond acceptors (Lipinski definition) is 3. The molecule has 0 aliphatic carbocycles. The van der Waals surface area contributed by atoms with Gasteiger partial charge in [-0.3, -0.25) is 4.40 Å². The molecule has 5 heteroatoms. The monoisotopic (exact) mass is 272 g/mol. The third kappa shape index (κ3) is 1.94. The van der Waals surface area contributed by atoms with E-state index in [1.165, 1.54) is 11.1 Å². The number of nitrogens with two attached hydrogens (primary N) is 1. The summed E-state index contributed by atoms with van der Waals surface area (Å²) in [6, 6.07) is 7.86. The van der Waals surface area contributed by atoms with Gasteiger partial charge in [-0.15, -0.1) is 10.2 Å². The Balaban J connectivity index is 2.28. The highest BCUT2D eigenvalue weighted by Crippen LogP contribution is 2.25. The highest BCUT2D eigenvalue weighted by Gasteiger charge is 2.11. The van der Waals surface area contributed by atoms with Crippen molar-refractivity contribution in [3.8, 4) is 11.4 Å². The molecular weight excluding hydrogens is 260 g/mol. The zero-order valence-electron chi connectivity index (χ0n) is 10.7. The van der Waals surface area contributed by atoms with Crippen molar-refractivity contribution in [1.82, 2.24) is 14.6 Å². The summed E-state index contributed by atoms with van der Waals surface area (Å²) in [5.74, 6) is 0.743. The van der Waals surface area contributed by atoms with Crippen LogP contribution in [0, 0.1) is 13.8 Å². The first-order valence-electron chi connectivity index (χ1n) is 5.93. The summed E-state index contributed by atoms with van der Waals surface area (Å²) < 4.78 is 1.82. The van der Waals surface area contributed by atoms with E-state index in [4.69, 9.17) is 17.3 Å². The first-order chi connectivity index (χ1) is 9.06. The summed E-state index contributed by atoms with van der Waals surface area (Å²) in [5.41, 5.74) is 10.5. The van der Waals surface area contributed by atoms with Gasteiger partial charge in [-0.25, -0.2) is 0 Å². The Bertz CT molecular complexity index is 776. The molecule has 3 rings (SSSR count). The van der Waals surface area contributed by atoms with Gasteiger partial charge in [-0.2, -0.15) is 0 Å². The Hall–Kier alpha value is -2.07. The number of nitrogen functional groups attached to an aromatic ring is 1. The summed E-state index contributed by atoms with van der Waals surface area (Å²) in [6.45, 7) is 4.15. The van der Waals surface area contributed by atoms with Gasteiger partial charge in [-0.1, -0.05) is 23.7 Å². The summed E-state index contributed by atoms with van der Waals surface area (Å²) in [4.78, 5) is 0. The van der Waals surface area contributed by atoms with Crippen molar-refractivity contribution < 1.29 is 0 Å². The quantitative estimate of drug-likeness (QED) is 0.740. The zero-order valence-corrected chi connectivity index (χ0v) is 11.4. The van der Waals surface area contributed by atoms with E-state index in [0.717, 1.165) is 11.4 Å². The zero-order chi connectivity index (χ0) is 13.6. The van der Waals surface area contributed by atoms with E-state index in [0.29, 0.717) is 16.4 Å². The molecule has 0 aliphatic heterocycles. The number of fused-ring (bicyclic) bond motifs is 1. The Morgan fingerprint density at radius 2 is 1.89 bits per heavy atom. The van der Waals surface area contributed by atoms with Crippen LogP contribution < -0.4 is 5.73 Å². The van der Waals surface area contributed by atoms with Gasteiger partial charge in [0.05, 0.1) is 10.7 Å². The van der Waals surface area contributed by atoms with Gasteiger partial charge in [-0.05, 0) is 37.1 Å². The molecule has 0 saturated carbocycles. The molecule has 2 N–H and O–H groups in total. The van der Waals surface area contributed by atoms with Crippen LogP contribution in [0.2, 0.25) is 5.02 Å². The molecule has 96 valence electrons. The van der Waals surface area contributed by atoms with Crippen LogP contribution in [-0.2, 0) is 0 Å². The molecule has 0 aliphatic rings. The number of aryl methyl sites for hydroxylation is 2. The fraction of sp³-hybridized carbons (Fsp3) is 0.143. The van der Waals surface area contributed by atoms with Gasteiger partial charge in [0.25, 0.3) is 0 Å². The number of hydrogen-bond donors (Lipinski definition) is 1. The Morgan fingerprint density at radius 3 is 2.63 bits per heavy atom. The number of aromatic nitrogens is 3. The summed E-state index contributed by atoms with van der Waals surface area (Å²) in [7, 11) is 0. The number of benzene rings is 1. The van der Waals surface area contributed by atoms with E-state index in [-0.39, 0.29) is 0 Å². The van der Waals surface area contributed by atoms with Crippen LogP contribution in [0.25, 0.3) is 17.0 Å². The molecule has 0 fully saturated rings. The number of nitrogens with zero attached hydrogens (tertiary/aromatic N) is 3. The number of pyridine rings is 1. The van der Waals surface area contributed by atoms with Gasteiger partial charge >= 0.3 is 0 Å². The van der Waals surface area contributed by atoms with Gasteiger partial charge in [0.2, 0.25) is 0 Å². The molecule has 1 aromatic carbocycles. The van der Waals surface area contributed by atoms with Crippen molar-refractivity contribution in [3.63, 3.8) is 0 Å². The lowest BCUT2D eigenvalue weighted by Crippen LogP contribution is -1.95. The lowest BCUT2D eigenvalue weighted by molar-refractivity contribution is 1.11. The first-order valence-corrected chi connectivity index (χ1v) is 6.31. The molecule has 3 aromatic rings. The van der Waals surface area contributed by atoms with Crippen molar-refractivity contribution in [1.29, 1.82) is 0 Å². The van der Waals surface area contributed by atoms with E-state index in [1.54, 1.807) is 12.3 Å². The molecule has 0 spiro atoms. The van der Waals surface area contributed by atoms with Gasteiger partial charge in [0.15, 0.2) is 11.5 Å². The van der Waals surface area contributed by atoms with Crippen molar-refractivity contribution in [2.45, 2.75) is 13.8 Å². The van der Waals surface area contributed by atoms with Crippen LogP contribution in [-0.4, -0.2) is 14.6 Å². The molecule has 2 aromatic heterocycles. The Kier molecular flexibility index (Phi) is 2.68. The van der Waals surface area contributed by atoms with Crippen molar-refractivity contribution in [2.24, 2.45) is 0 Å². The van der Waals surface area contributed by atoms with Crippen molar-refractivity contribution in [3.05, 3.63) is 46.6 Å². The average Bonchev–Trinajstić information content (AvgIpc) is 2.76. The molecule has 0 amide bonds. The Labute approximate surface area is 115 Å². The van der Waals surface area contributed by atoms with E-state index < -0.39 is 0 Å². The normalized spacial score (nSPS) is 11.1. The standard InChI is InChI=1S/C14H13ClN4/c1-8-3-4-10(5-9(8)2)13-17-18-14-12(16)6-11(15)7-19(13)14/h3-7H,16H2,1-2H3. The minimum Gasteiger partial charge on any atom is -0.396 e. The van der Waals surface area contributed by atoms with E-state index in [9.17, 15) is 0 Å². The molecule has 0 atom stereocenters. The molecule has 4 nitrogen and oxygen atoms in total. The second-order valence-corrected chi connectivity index (χ2v) is 5.07. The topological polar surface area (TPSA) is 56.2 Å². The molecule has 19 heavy (non-hydrogen) atoms. The van der Waals surface area contributed by atoms with E-state index in [1.807, 2.05) is 10.5 Å². The molecule has 0 radical (unpaired) electrons. The van der Waals surface area contributed by atoms with Gasteiger partial charge < -0.3 is 5.73 Å². The van der Waals surface area contributed by atoms with Gasteiger partial charge in [0, 0.05) is 11.8 Å². The van der Waals surface area contributed by atoms with Crippen molar-refractivity contribution in [2.75, 3.05) is 5.73 Å². The summed E-state index contributed by atoms with van der Waals surface area (Å²) in [5, 5.41) is 8.89. The smallest absolute Gasteiger partial charge is 0.184 e. The third-order valence-electron chi connectivity index (χ3n) is 3.26. The predicted octanol–water partition coefficient (Wildman–Crippen LogP) is 3.25. The fourth-order valence-electron chi connectivity index (χ4n) is 2.06. The summed E-state index contributed by atoms with van der Waals surface area (Å²) in [6.07, 6.45) is 1.78. The highest BCUT2D eigenvalue weighted by molar-refractivity contribution is 6.30. The van der Waals surface area contributed by atoms with Crippen LogP contribution in [0.1, 0.15) is 11.1 Å². The maximum atomic E-state index is 6.04. The van der Waals surface area contributed by atoms with Crippen LogP contribution in [0.4, 0.5) is 5.69 Å². The SMILES string of the molecule is Cc1ccc(-c2nnc3c(N)cc(Cl)cn23)cc1C. The molecule has 0 unspecified atom stereocenters. The summed E-state index contributed by atoms with van der Waals surface area (Å²) >= 11 is 6.04. The van der Waals surface area contributed by atoms with Crippen LogP contribution in [0.15, 0.2) is 30.5 Å². The van der Waals surface area contributed by atoms with Gasteiger partial charge in [0.1, 0.15) is 0 Å². The lowest BCUT2D eigenvalue weighted by atomic mass is 10.1. The fourth-order valence-corrected chi connectivity index (χ4v) is 2.28. The third-order valence-corrected chi connectivity index (χ3v) is 3.47. The second kappa shape index (κ2) is 4.24. The molecule has 2 heterocycles. The van der Waals surface area contributed by atoms with Crippen LogP contribution in [0.5, 0.6) is 0 Å². The Morgan fingerprint density at radius 1 is 1.11 bits per heavy atom.